The Morgan fingerprint density at radius 3 is 2.56 bits per heavy atom. The van der Waals surface area contributed by atoms with Crippen LogP contribution < -0.4 is 5.73 Å². The number of carboxylic acids is 1. The quantitative estimate of drug-likeness (QED) is 0.730. The molecule has 4 heteroatoms. The van der Waals surface area contributed by atoms with Gasteiger partial charge in [0.1, 0.15) is 0 Å². The molecule has 0 saturated carbocycles. The molecule has 1 heterocycles. The van der Waals surface area contributed by atoms with Crippen molar-refractivity contribution in [1.29, 1.82) is 0 Å². The molecule has 0 aliphatic carbocycles. The Hall–Kier alpha value is -1.55. The second-order valence-electron chi connectivity index (χ2n) is 4.44. The molecule has 1 aromatic rings. The predicted molar refractivity (Wildman–Crippen MR) is 62.2 cm³/mol. The second kappa shape index (κ2) is 4.14. The number of rotatable bonds is 2. The highest BCUT2D eigenvalue weighted by Crippen LogP contribution is 2.32. The van der Waals surface area contributed by atoms with E-state index in [0.717, 1.165) is 12.1 Å². The van der Waals surface area contributed by atoms with Crippen molar-refractivity contribution in [2.45, 2.75) is 5.92 Å². The van der Waals surface area contributed by atoms with E-state index in [4.69, 9.17) is 10.8 Å². The molecule has 1 aromatic carbocycles. The molecule has 3 N–H and O–H groups in total. The number of nitrogen functional groups attached to an aromatic ring is 1. The van der Waals surface area contributed by atoms with Gasteiger partial charge in [-0.15, -0.1) is 0 Å². The Bertz CT molecular complexity index is 389. The molecular weight excluding hydrogens is 204 g/mol. The first kappa shape index (κ1) is 11.0. The van der Waals surface area contributed by atoms with Crippen LogP contribution in [-0.4, -0.2) is 36.1 Å². The van der Waals surface area contributed by atoms with E-state index in [1.165, 1.54) is 0 Å². The summed E-state index contributed by atoms with van der Waals surface area (Å²) in [6, 6.07) is 7.50. The summed E-state index contributed by atoms with van der Waals surface area (Å²) in [6.07, 6.45) is 0. The number of carboxylic acid groups (broad SMARTS) is 1. The standard InChI is InChI=1S/C12H16N2O2/c1-14-6-10(11(7-14)12(15)16)8-2-4-9(13)5-3-8/h2-5,10-11H,6-7,13H2,1H3,(H,15,16)/t10-,11-/m0/s1. The van der Waals surface area contributed by atoms with Gasteiger partial charge in [0.05, 0.1) is 5.92 Å². The number of carbonyl (C=O) groups is 1. The van der Waals surface area contributed by atoms with Gasteiger partial charge >= 0.3 is 5.97 Å². The zero-order valence-electron chi connectivity index (χ0n) is 9.26. The molecule has 0 unspecified atom stereocenters. The molecule has 0 aromatic heterocycles. The summed E-state index contributed by atoms with van der Waals surface area (Å²) in [4.78, 5) is 13.2. The van der Waals surface area contributed by atoms with E-state index in [0.29, 0.717) is 12.2 Å². The lowest BCUT2D eigenvalue weighted by atomic mass is 9.89. The first-order chi connectivity index (χ1) is 7.58. The SMILES string of the molecule is CN1C[C@H](C(=O)O)[C@H](c2ccc(N)cc2)C1. The largest absolute Gasteiger partial charge is 0.481 e. The number of hydrogen-bond donors (Lipinski definition) is 2. The van der Waals surface area contributed by atoms with Crippen LogP contribution in [0.4, 0.5) is 5.69 Å². The molecule has 2 rings (SSSR count). The van der Waals surface area contributed by atoms with Crippen molar-refractivity contribution in [2.75, 3.05) is 25.9 Å². The monoisotopic (exact) mass is 220 g/mol. The van der Waals surface area contributed by atoms with Gasteiger partial charge in [-0.3, -0.25) is 4.79 Å². The van der Waals surface area contributed by atoms with Crippen LogP contribution in [0.1, 0.15) is 11.5 Å². The van der Waals surface area contributed by atoms with Gasteiger partial charge in [-0.1, -0.05) is 12.1 Å². The highest BCUT2D eigenvalue weighted by molar-refractivity contribution is 5.72. The van der Waals surface area contributed by atoms with Crippen molar-refractivity contribution in [3.63, 3.8) is 0 Å². The van der Waals surface area contributed by atoms with E-state index >= 15 is 0 Å². The van der Waals surface area contributed by atoms with Crippen LogP contribution >= 0.6 is 0 Å². The molecule has 0 spiro atoms. The first-order valence-corrected chi connectivity index (χ1v) is 5.34. The summed E-state index contributed by atoms with van der Waals surface area (Å²) in [6.45, 7) is 1.41. The minimum atomic E-state index is -0.717. The number of hydrogen-bond acceptors (Lipinski definition) is 3. The van der Waals surface area contributed by atoms with E-state index < -0.39 is 5.97 Å². The fourth-order valence-electron chi connectivity index (χ4n) is 2.33. The molecule has 86 valence electrons. The maximum atomic E-state index is 11.1. The summed E-state index contributed by atoms with van der Waals surface area (Å²) in [7, 11) is 1.95. The Morgan fingerprint density at radius 2 is 2.00 bits per heavy atom. The highest BCUT2D eigenvalue weighted by atomic mass is 16.4. The Balaban J connectivity index is 2.25. The number of anilines is 1. The molecule has 1 aliphatic rings. The van der Waals surface area contributed by atoms with Gasteiger partial charge < -0.3 is 15.7 Å². The van der Waals surface area contributed by atoms with Crippen LogP contribution in [-0.2, 0) is 4.79 Å². The second-order valence-corrected chi connectivity index (χ2v) is 4.44. The third-order valence-corrected chi connectivity index (χ3v) is 3.18. The average Bonchev–Trinajstić information content (AvgIpc) is 2.61. The fraction of sp³-hybridized carbons (Fsp3) is 0.417. The normalized spacial score (nSPS) is 25.8. The third kappa shape index (κ3) is 2.02. The maximum absolute atomic E-state index is 11.1. The van der Waals surface area contributed by atoms with Crippen LogP contribution in [0, 0.1) is 5.92 Å². The van der Waals surface area contributed by atoms with Crippen LogP contribution in [0.25, 0.3) is 0 Å². The molecular formula is C12H16N2O2. The molecule has 1 aliphatic heterocycles. The van der Waals surface area contributed by atoms with E-state index in [-0.39, 0.29) is 11.8 Å². The molecule has 0 bridgehead atoms. The van der Waals surface area contributed by atoms with Gasteiger partial charge in [-0.05, 0) is 24.7 Å². The molecule has 1 fully saturated rings. The summed E-state index contributed by atoms with van der Waals surface area (Å²) < 4.78 is 0. The van der Waals surface area contributed by atoms with Gasteiger partial charge in [-0.2, -0.15) is 0 Å². The van der Waals surface area contributed by atoms with E-state index in [2.05, 4.69) is 4.90 Å². The lowest BCUT2D eigenvalue weighted by Crippen LogP contribution is -2.21. The number of nitrogens with two attached hydrogens (primary N) is 1. The first-order valence-electron chi connectivity index (χ1n) is 5.34. The van der Waals surface area contributed by atoms with Gasteiger partial charge in [0.25, 0.3) is 0 Å². The van der Waals surface area contributed by atoms with Crippen molar-refractivity contribution in [3.05, 3.63) is 29.8 Å². The van der Waals surface area contributed by atoms with Crippen molar-refractivity contribution in [3.8, 4) is 0 Å². The molecule has 0 amide bonds. The number of benzene rings is 1. The van der Waals surface area contributed by atoms with Gasteiger partial charge in [-0.25, -0.2) is 0 Å². The minimum Gasteiger partial charge on any atom is -0.481 e. The van der Waals surface area contributed by atoms with Gasteiger partial charge in [0.15, 0.2) is 0 Å². The Morgan fingerprint density at radius 1 is 1.38 bits per heavy atom. The van der Waals surface area contributed by atoms with Crippen LogP contribution in [0.3, 0.4) is 0 Å². The van der Waals surface area contributed by atoms with E-state index in [9.17, 15) is 4.79 Å². The van der Waals surface area contributed by atoms with Gasteiger partial charge in [0, 0.05) is 24.7 Å². The number of aliphatic carboxylic acids is 1. The Kier molecular flexibility index (Phi) is 2.83. The Labute approximate surface area is 94.7 Å². The van der Waals surface area contributed by atoms with Crippen LogP contribution in [0.5, 0.6) is 0 Å². The number of nitrogens with zero attached hydrogens (tertiary/aromatic N) is 1. The van der Waals surface area contributed by atoms with Crippen molar-refractivity contribution in [1.82, 2.24) is 4.90 Å². The summed E-state index contributed by atoms with van der Waals surface area (Å²) in [5.74, 6) is -0.956. The zero-order chi connectivity index (χ0) is 11.7. The average molecular weight is 220 g/mol. The summed E-state index contributed by atoms with van der Waals surface area (Å²) in [5.41, 5.74) is 7.39. The fourth-order valence-corrected chi connectivity index (χ4v) is 2.33. The number of likely N-dealkylation sites (N-methyl/N-ethyl adjacent to an activating group) is 1. The van der Waals surface area contributed by atoms with Crippen molar-refractivity contribution in [2.24, 2.45) is 5.92 Å². The minimum absolute atomic E-state index is 0.0723. The third-order valence-electron chi connectivity index (χ3n) is 3.18. The van der Waals surface area contributed by atoms with Crippen molar-refractivity contribution >= 4 is 11.7 Å². The lowest BCUT2D eigenvalue weighted by molar-refractivity contribution is -0.141. The summed E-state index contributed by atoms with van der Waals surface area (Å²) in [5, 5.41) is 9.17. The highest BCUT2D eigenvalue weighted by Gasteiger charge is 2.36. The molecule has 2 atom stereocenters. The lowest BCUT2D eigenvalue weighted by Gasteiger charge is -2.15. The predicted octanol–water partition coefficient (Wildman–Crippen LogP) is 0.999. The summed E-state index contributed by atoms with van der Waals surface area (Å²) >= 11 is 0. The van der Waals surface area contributed by atoms with Gasteiger partial charge in [0.2, 0.25) is 0 Å². The molecule has 1 saturated heterocycles. The van der Waals surface area contributed by atoms with Crippen LogP contribution in [0.2, 0.25) is 0 Å². The molecule has 16 heavy (non-hydrogen) atoms. The molecule has 0 radical (unpaired) electrons. The number of likely N-dealkylation sites (tertiary alicyclic amines) is 1. The van der Waals surface area contributed by atoms with E-state index in [1.54, 1.807) is 0 Å². The van der Waals surface area contributed by atoms with Crippen LogP contribution in [0.15, 0.2) is 24.3 Å². The zero-order valence-corrected chi connectivity index (χ0v) is 9.26. The van der Waals surface area contributed by atoms with E-state index in [1.807, 2.05) is 31.3 Å². The maximum Gasteiger partial charge on any atom is 0.308 e. The smallest absolute Gasteiger partial charge is 0.308 e. The topological polar surface area (TPSA) is 66.6 Å². The van der Waals surface area contributed by atoms with Crippen molar-refractivity contribution < 1.29 is 9.90 Å². The molecule has 4 nitrogen and oxygen atoms in total.